The van der Waals surface area contributed by atoms with Crippen LogP contribution >= 0.6 is 0 Å². The molecule has 2 aromatic carbocycles. The number of rotatable bonds is 7. The van der Waals surface area contributed by atoms with Crippen molar-refractivity contribution in [1.29, 1.82) is 0 Å². The molecule has 164 valence electrons. The Hall–Kier alpha value is -2.69. The van der Waals surface area contributed by atoms with Crippen LogP contribution in [0, 0.1) is 24.5 Å². The SMILES string of the molecule is Cc1ccc(S(=O)(=O)OCC2COC(Cn3cncn3)(c3ccc(F)cc3F)C2)cc1. The predicted molar refractivity (Wildman–Crippen MR) is 106 cm³/mol. The molecule has 10 heteroatoms. The van der Waals surface area contributed by atoms with Crippen LogP contribution in [0.5, 0.6) is 0 Å². The van der Waals surface area contributed by atoms with Crippen molar-refractivity contribution >= 4 is 10.1 Å². The van der Waals surface area contributed by atoms with Gasteiger partial charge in [0.2, 0.25) is 0 Å². The minimum atomic E-state index is -3.94. The molecule has 1 aromatic heterocycles. The van der Waals surface area contributed by atoms with Crippen molar-refractivity contribution in [3.8, 4) is 0 Å². The summed E-state index contributed by atoms with van der Waals surface area (Å²) in [5.74, 6) is -1.76. The third-order valence-electron chi connectivity index (χ3n) is 5.29. The Balaban J connectivity index is 1.53. The second kappa shape index (κ2) is 8.45. The average Bonchev–Trinajstić information content (AvgIpc) is 3.38. The Morgan fingerprint density at radius 1 is 1.23 bits per heavy atom. The van der Waals surface area contributed by atoms with E-state index in [1.165, 1.54) is 35.5 Å². The molecular formula is C21H21F2N3O4S. The van der Waals surface area contributed by atoms with E-state index in [9.17, 15) is 17.2 Å². The topological polar surface area (TPSA) is 83.3 Å². The van der Waals surface area contributed by atoms with Gasteiger partial charge in [-0.2, -0.15) is 13.5 Å². The van der Waals surface area contributed by atoms with E-state index in [0.717, 1.165) is 17.7 Å². The first-order valence-corrected chi connectivity index (χ1v) is 11.1. The van der Waals surface area contributed by atoms with Crippen molar-refractivity contribution in [3.63, 3.8) is 0 Å². The Bertz CT molecular complexity index is 1150. The van der Waals surface area contributed by atoms with E-state index in [1.54, 1.807) is 12.1 Å². The first-order chi connectivity index (χ1) is 14.8. The Labute approximate surface area is 178 Å². The zero-order valence-corrected chi connectivity index (χ0v) is 17.6. The molecule has 0 spiro atoms. The first-order valence-electron chi connectivity index (χ1n) is 9.65. The molecule has 2 atom stereocenters. The summed E-state index contributed by atoms with van der Waals surface area (Å²) in [5.41, 5.74) is -0.0525. The van der Waals surface area contributed by atoms with E-state index < -0.39 is 27.4 Å². The fourth-order valence-corrected chi connectivity index (χ4v) is 4.72. The molecule has 0 saturated carbocycles. The van der Waals surface area contributed by atoms with Crippen LogP contribution in [0.25, 0.3) is 0 Å². The number of nitrogens with zero attached hydrogens (tertiary/aromatic N) is 3. The van der Waals surface area contributed by atoms with Gasteiger partial charge in [-0.3, -0.25) is 4.18 Å². The van der Waals surface area contributed by atoms with E-state index >= 15 is 0 Å². The van der Waals surface area contributed by atoms with Crippen LogP contribution in [0.2, 0.25) is 0 Å². The van der Waals surface area contributed by atoms with E-state index in [-0.39, 0.29) is 42.6 Å². The zero-order valence-electron chi connectivity index (χ0n) is 16.7. The van der Waals surface area contributed by atoms with Crippen molar-refractivity contribution in [2.45, 2.75) is 30.4 Å². The third kappa shape index (κ3) is 4.65. The molecule has 0 radical (unpaired) electrons. The largest absolute Gasteiger partial charge is 0.368 e. The average molecular weight is 449 g/mol. The molecule has 1 fully saturated rings. The summed E-state index contributed by atoms with van der Waals surface area (Å²) in [6, 6.07) is 9.65. The minimum absolute atomic E-state index is 0.0653. The number of hydrogen-bond acceptors (Lipinski definition) is 6. The normalized spacial score (nSPS) is 21.5. The van der Waals surface area contributed by atoms with Crippen LogP contribution in [-0.2, 0) is 31.2 Å². The summed E-state index contributed by atoms with van der Waals surface area (Å²) in [4.78, 5) is 3.96. The smallest absolute Gasteiger partial charge is 0.296 e. The van der Waals surface area contributed by atoms with Gasteiger partial charge in [-0.05, 0) is 31.5 Å². The number of hydrogen-bond donors (Lipinski definition) is 0. The molecule has 31 heavy (non-hydrogen) atoms. The van der Waals surface area contributed by atoms with Gasteiger partial charge < -0.3 is 4.74 Å². The molecule has 2 unspecified atom stereocenters. The maximum absolute atomic E-state index is 14.6. The fourth-order valence-electron chi connectivity index (χ4n) is 3.75. The molecule has 1 saturated heterocycles. The van der Waals surface area contributed by atoms with Gasteiger partial charge in [0.25, 0.3) is 10.1 Å². The molecule has 1 aliphatic heterocycles. The maximum Gasteiger partial charge on any atom is 0.296 e. The van der Waals surface area contributed by atoms with Crippen LogP contribution < -0.4 is 0 Å². The highest BCUT2D eigenvalue weighted by molar-refractivity contribution is 7.86. The lowest BCUT2D eigenvalue weighted by Crippen LogP contribution is -2.32. The summed E-state index contributed by atoms with van der Waals surface area (Å²) >= 11 is 0. The Morgan fingerprint density at radius 2 is 2.00 bits per heavy atom. The van der Waals surface area contributed by atoms with E-state index in [0.29, 0.717) is 0 Å². The van der Waals surface area contributed by atoms with Crippen molar-refractivity contribution in [2.75, 3.05) is 13.2 Å². The molecular weight excluding hydrogens is 428 g/mol. The van der Waals surface area contributed by atoms with Gasteiger partial charge in [0.1, 0.15) is 29.9 Å². The minimum Gasteiger partial charge on any atom is -0.368 e. The van der Waals surface area contributed by atoms with E-state index in [4.69, 9.17) is 8.92 Å². The fraction of sp³-hybridized carbons (Fsp3) is 0.333. The van der Waals surface area contributed by atoms with Gasteiger partial charge in [0, 0.05) is 17.5 Å². The Kier molecular flexibility index (Phi) is 5.87. The number of aryl methyl sites for hydroxylation is 1. The standard InChI is InChI=1S/C21H21F2N3O4S/c1-15-2-5-18(6-3-15)31(27,28)30-11-16-9-21(29-10-16,12-26-14-24-13-25-26)19-7-4-17(22)8-20(19)23/h2-8,13-14,16H,9-12H2,1H3. The Morgan fingerprint density at radius 3 is 2.68 bits per heavy atom. The molecule has 1 aliphatic rings. The maximum atomic E-state index is 14.6. The molecule has 0 aliphatic carbocycles. The van der Waals surface area contributed by atoms with Crippen LogP contribution in [0.4, 0.5) is 8.78 Å². The first kappa shape index (κ1) is 21.5. The van der Waals surface area contributed by atoms with E-state index in [1.807, 2.05) is 6.92 Å². The van der Waals surface area contributed by atoms with Crippen LogP contribution in [-0.4, -0.2) is 36.4 Å². The number of ether oxygens (including phenoxy) is 1. The number of halogens is 2. The molecule has 2 heterocycles. The quantitative estimate of drug-likeness (QED) is 0.515. The third-order valence-corrected chi connectivity index (χ3v) is 6.58. The van der Waals surface area contributed by atoms with Gasteiger partial charge in [-0.15, -0.1) is 0 Å². The second-order valence-electron chi connectivity index (χ2n) is 7.64. The summed E-state index contributed by atoms with van der Waals surface area (Å²) in [7, 11) is -3.94. The lowest BCUT2D eigenvalue weighted by Gasteiger charge is -2.29. The lowest BCUT2D eigenvalue weighted by atomic mass is 9.87. The van der Waals surface area contributed by atoms with Gasteiger partial charge in [-0.25, -0.2) is 18.4 Å². The summed E-state index contributed by atoms with van der Waals surface area (Å²) in [5, 5.41) is 4.06. The van der Waals surface area contributed by atoms with Gasteiger partial charge in [-0.1, -0.05) is 23.8 Å². The lowest BCUT2D eigenvalue weighted by molar-refractivity contribution is -0.0206. The highest BCUT2D eigenvalue weighted by atomic mass is 32.2. The van der Waals surface area contributed by atoms with Crippen LogP contribution in [0.1, 0.15) is 17.5 Å². The van der Waals surface area contributed by atoms with Crippen molar-refractivity contribution < 1.29 is 26.1 Å². The molecule has 7 nitrogen and oxygen atoms in total. The molecule has 0 amide bonds. The zero-order chi connectivity index (χ0) is 22.1. The monoisotopic (exact) mass is 449 g/mol. The highest BCUT2D eigenvalue weighted by Gasteiger charge is 2.45. The predicted octanol–water partition coefficient (Wildman–Crippen LogP) is 3.20. The van der Waals surface area contributed by atoms with Gasteiger partial charge in [0.05, 0.1) is 24.7 Å². The van der Waals surface area contributed by atoms with Gasteiger partial charge in [0.15, 0.2) is 0 Å². The molecule has 4 rings (SSSR count). The molecule has 3 aromatic rings. The number of aromatic nitrogens is 3. The van der Waals surface area contributed by atoms with E-state index in [2.05, 4.69) is 10.1 Å². The second-order valence-corrected chi connectivity index (χ2v) is 9.26. The van der Waals surface area contributed by atoms with Gasteiger partial charge >= 0.3 is 0 Å². The van der Waals surface area contributed by atoms with Crippen molar-refractivity contribution in [1.82, 2.24) is 14.8 Å². The highest BCUT2D eigenvalue weighted by Crippen LogP contribution is 2.42. The molecule has 0 N–H and O–H groups in total. The van der Waals surface area contributed by atoms with Crippen molar-refractivity contribution in [2.24, 2.45) is 5.92 Å². The van der Waals surface area contributed by atoms with Crippen LogP contribution in [0.15, 0.2) is 60.0 Å². The number of benzene rings is 2. The summed E-state index contributed by atoms with van der Waals surface area (Å²) in [6.07, 6.45) is 3.08. The molecule has 0 bridgehead atoms. The summed E-state index contributed by atoms with van der Waals surface area (Å²) < 4.78 is 65.8. The van der Waals surface area contributed by atoms with Crippen LogP contribution in [0.3, 0.4) is 0 Å². The summed E-state index contributed by atoms with van der Waals surface area (Å²) in [6.45, 7) is 2.01. The van der Waals surface area contributed by atoms with Crippen molar-refractivity contribution in [3.05, 3.63) is 77.9 Å².